The molecule has 6 N–H and O–H groups in total. The normalized spacial score (nSPS) is 17.2. The van der Waals surface area contributed by atoms with Crippen LogP contribution in [-0.4, -0.2) is 72.4 Å². The van der Waals surface area contributed by atoms with Gasteiger partial charge in [0, 0.05) is 38.7 Å². The zero-order chi connectivity index (χ0) is 34.6. The molecule has 14 heteroatoms. The average Bonchev–Trinajstić information content (AvgIpc) is 3.43. The van der Waals surface area contributed by atoms with Crippen LogP contribution in [0, 0.1) is 18.8 Å². The summed E-state index contributed by atoms with van der Waals surface area (Å²) in [7, 11) is -0.652. The maximum Gasteiger partial charge on any atom is 0.404 e. The standard InChI is InChI=1S/C34H40N6O7S/c1-20-4-14-26(48(46,47)40(2)3)18-27(20)23-9-5-21(6-10-23)16-30(32(42)36-25-13-15-28-29(17-25)39-33(43)38-28)37-31(41)24-11-7-22(8-12-24)19-35-34(44)45/h4-6,9-10,13-15,17-18,22,24,30,35H,7-8,11-12,16,19H2,1-3H3,(H,36,42)(H,37,41)(H,44,45)(H2,38,39,43)/t22-,24-,30-/m0/s1. The van der Waals surface area contributed by atoms with E-state index in [2.05, 4.69) is 25.9 Å². The Hall–Kier alpha value is -4.95. The van der Waals surface area contributed by atoms with Crippen molar-refractivity contribution >= 4 is 44.7 Å². The van der Waals surface area contributed by atoms with Gasteiger partial charge in [-0.3, -0.25) is 9.59 Å². The van der Waals surface area contributed by atoms with Crippen molar-refractivity contribution in [2.45, 2.75) is 50.0 Å². The number of carbonyl (C=O) groups excluding carboxylic acids is 2. The van der Waals surface area contributed by atoms with Crippen molar-refractivity contribution in [1.82, 2.24) is 24.9 Å². The lowest BCUT2D eigenvalue weighted by Gasteiger charge is -2.29. The van der Waals surface area contributed by atoms with Crippen LogP contribution in [0.3, 0.4) is 0 Å². The molecule has 1 heterocycles. The van der Waals surface area contributed by atoms with Crippen molar-refractivity contribution in [3.8, 4) is 11.1 Å². The van der Waals surface area contributed by atoms with Gasteiger partial charge in [-0.1, -0.05) is 30.3 Å². The van der Waals surface area contributed by atoms with Crippen LogP contribution in [0.15, 0.2) is 70.4 Å². The Bertz CT molecular complexity index is 1980. The highest BCUT2D eigenvalue weighted by molar-refractivity contribution is 7.89. The van der Waals surface area contributed by atoms with E-state index in [1.807, 2.05) is 31.2 Å². The van der Waals surface area contributed by atoms with Gasteiger partial charge in [-0.15, -0.1) is 0 Å². The van der Waals surface area contributed by atoms with Crippen LogP contribution in [-0.2, 0) is 26.0 Å². The van der Waals surface area contributed by atoms with E-state index >= 15 is 0 Å². The maximum absolute atomic E-state index is 13.7. The average molecular weight is 677 g/mol. The second-order valence-corrected chi connectivity index (χ2v) is 14.6. The topological polar surface area (TPSA) is 194 Å². The van der Waals surface area contributed by atoms with Gasteiger partial charge in [-0.25, -0.2) is 22.3 Å². The van der Waals surface area contributed by atoms with Gasteiger partial charge in [0.1, 0.15) is 6.04 Å². The van der Waals surface area contributed by atoms with Crippen LogP contribution in [0.4, 0.5) is 10.5 Å². The number of sulfonamides is 1. The molecular formula is C34H40N6O7S. The van der Waals surface area contributed by atoms with E-state index in [0.717, 1.165) is 22.3 Å². The Morgan fingerprint density at radius 3 is 2.29 bits per heavy atom. The van der Waals surface area contributed by atoms with Crippen molar-refractivity contribution in [3.63, 3.8) is 0 Å². The number of hydrogen-bond acceptors (Lipinski definition) is 6. The molecular weight excluding hydrogens is 636 g/mol. The van der Waals surface area contributed by atoms with E-state index in [1.54, 1.807) is 36.4 Å². The molecule has 1 aromatic heterocycles. The van der Waals surface area contributed by atoms with E-state index in [-0.39, 0.29) is 34.7 Å². The molecule has 0 unspecified atom stereocenters. The largest absolute Gasteiger partial charge is 0.465 e. The summed E-state index contributed by atoms with van der Waals surface area (Å²) in [6, 6.07) is 16.5. The van der Waals surface area contributed by atoms with Crippen LogP contribution in [0.2, 0.25) is 0 Å². The first-order chi connectivity index (χ1) is 22.8. The second-order valence-electron chi connectivity index (χ2n) is 12.5. The van der Waals surface area contributed by atoms with Gasteiger partial charge >= 0.3 is 11.8 Å². The Labute approximate surface area is 278 Å². The van der Waals surface area contributed by atoms with Gasteiger partial charge in [0.25, 0.3) is 0 Å². The highest BCUT2D eigenvalue weighted by Crippen LogP contribution is 2.30. The van der Waals surface area contributed by atoms with Gasteiger partial charge in [0.15, 0.2) is 0 Å². The van der Waals surface area contributed by atoms with E-state index in [4.69, 9.17) is 5.11 Å². The number of fused-ring (bicyclic) bond motifs is 1. The zero-order valence-electron chi connectivity index (χ0n) is 27.0. The number of nitrogens with zero attached hydrogens (tertiary/aromatic N) is 1. The zero-order valence-corrected chi connectivity index (χ0v) is 27.8. The minimum atomic E-state index is -3.62. The quantitative estimate of drug-likeness (QED) is 0.139. The third-order valence-electron chi connectivity index (χ3n) is 8.87. The molecule has 1 atom stereocenters. The molecule has 1 fully saturated rings. The Morgan fingerprint density at radius 2 is 1.62 bits per heavy atom. The molecule has 48 heavy (non-hydrogen) atoms. The number of aromatic amines is 2. The monoisotopic (exact) mass is 676 g/mol. The highest BCUT2D eigenvalue weighted by Gasteiger charge is 2.30. The molecule has 0 bridgehead atoms. The summed E-state index contributed by atoms with van der Waals surface area (Å²) in [6.07, 6.45) is 1.68. The number of aryl methyl sites for hydroxylation is 1. The van der Waals surface area contributed by atoms with Gasteiger partial charge in [0.2, 0.25) is 21.8 Å². The van der Waals surface area contributed by atoms with Crippen molar-refractivity contribution in [2.24, 2.45) is 11.8 Å². The maximum atomic E-state index is 13.7. The predicted molar refractivity (Wildman–Crippen MR) is 182 cm³/mol. The minimum absolute atomic E-state index is 0.157. The number of imidazole rings is 1. The number of benzene rings is 3. The van der Waals surface area contributed by atoms with E-state index < -0.39 is 28.1 Å². The van der Waals surface area contributed by atoms with Crippen molar-refractivity contribution in [2.75, 3.05) is 26.0 Å². The molecule has 5 rings (SSSR count). The van der Waals surface area contributed by atoms with Crippen LogP contribution < -0.4 is 21.6 Å². The molecule has 0 radical (unpaired) electrons. The van der Waals surface area contributed by atoms with Crippen LogP contribution >= 0.6 is 0 Å². The van der Waals surface area contributed by atoms with E-state index in [0.29, 0.717) is 48.9 Å². The molecule has 3 aromatic carbocycles. The lowest BCUT2D eigenvalue weighted by Crippen LogP contribution is -2.48. The fraction of sp³-hybridized carbons (Fsp3) is 0.353. The van der Waals surface area contributed by atoms with E-state index in [9.17, 15) is 27.6 Å². The summed E-state index contributed by atoms with van der Waals surface area (Å²) >= 11 is 0. The van der Waals surface area contributed by atoms with Gasteiger partial charge in [0.05, 0.1) is 15.9 Å². The smallest absolute Gasteiger partial charge is 0.404 e. The van der Waals surface area contributed by atoms with Crippen LogP contribution in [0.1, 0.15) is 36.8 Å². The van der Waals surface area contributed by atoms with Gasteiger partial charge in [-0.05, 0) is 91.1 Å². The number of amides is 3. The first-order valence-corrected chi connectivity index (χ1v) is 17.2. The number of anilines is 1. The number of rotatable bonds is 11. The van der Waals surface area contributed by atoms with Crippen molar-refractivity contribution in [1.29, 1.82) is 0 Å². The number of hydrogen-bond donors (Lipinski definition) is 6. The summed E-state index contributed by atoms with van der Waals surface area (Å²) in [5.74, 6) is -0.818. The van der Waals surface area contributed by atoms with Crippen LogP contribution in [0.5, 0.6) is 0 Å². The number of aromatic nitrogens is 2. The number of carboxylic acid groups (broad SMARTS) is 1. The van der Waals surface area contributed by atoms with Gasteiger partial charge in [-0.2, -0.15) is 0 Å². The SMILES string of the molecule is Cc1ccc(S(=O)(=O)N(C)C)cc1-c1ccc(C[C@H](NC(=O)[C@H]2CC[C@H](CNC(=O)O)CC2)C(=O)Nc2ccc3[nH]c(=O)[nH]c3c2)cc1. The van der Waals surface area contributed by atoms with E-state index in [1.165, 1.54) is 18.4 Å². The highest BCUT2D eigenvalue weighted by atomic mass is 32.2. The Morgan fingerprint density at radius 1 is 0.938 bits per heavy atom. The Balaban J connectivity index is 1.34. The third-order valence-corrected chi connectivity index (χ3v) is 10.7. The second kappa shape index (κ2) is 14.4. The molecule has 0 saturated heterocycles. The summed E-state index contributed by atoms with van der Waals surface area (Å²) in [6.45, 7) is 2.25. The minimum Gasteiger partial charge on any atom is -0.465 e. The van der Waals surface area contributed by atoms with Crippen LogP contribution in [0.25, 0.3) is 22.2 Å². The predicted octanol–water partition coefficient (Wildman–Crippen LogP) is 3.82. The fourth-order valence-corrected chi connectivity index (χ4v) is 6.97. The van der Waals surface area contributed by atoms with Crippen molar-refractivity contribution < 1.29 is 27.9 Å². The summed E-state index contributed by atoms with van der Waals surface area (Å²) in [4.78, 5) is 55.2. The summed E-state index contributed by atoms with van der Waals surface area (Å²) in [5, 5.41) is 17.1. The Kier molecular flexibility index (Phi) is 10.3. The lowest BCUT2D eigenvalue weighted by atomic mass is 9.81. The first-order valence-electron chi connectivity index (χ1n) is 15.7. The summed E-state index contributed by atoms with van der Waals surface area (Å²) < 4.78 is 26.7. The lowest BCUT2D eigenvalue weighted by molar-refractivity contribution is -0.130. The molecule has 3 amide bonds. The molecule has 254 valence electrons. The first kappa shape index (κ1) is 34.4. The van der Waals surface area contributed by atoms with Gasteiger partial charge < -0.3 is 31.0 Å². The summed E-state index contributed by atoms with van der Waals surface area (Å²) in [5.41, 5.74) is 4.46. The number of H-pyrrole nitrogens is 2. The molecule has 13 nitrogen and oxygen atoms in total. The fourth-order valence-electron chi connectivity index (χ4n) is 6.04. The molecule has 1 aliphatic carbocycles. The number of nitrogens with one attached hydrogen (secondary N) is 5. The molecule has 1 saturated carbocycles. The number of carbonyl (C=O) groups is 3. The molecule has 4 aromatic rings. The molecule has 1 aliphatic rings. The molecule has 0 aliphatic heterocycles. The molecule has 0 spiro atoms. The van der Waals surface area contributed by atoms with Crippen molar-refractivity contribution in [3.05, 3.63) is 82.3 Å². The third kappa shape index (κ3) is 8.12.